The minimum Gasteiger partial charge on any atom is -0.395 e. The van der Waals surface area contributed by atoms with E-state index in [9.17, 15) is 14.9 Å². The maximum Gasteiger partial charge on any atom is 0.269 e. The number of nitro groups is 1. The molecule has 6 nitrogen and oxygen atoms in total. The van der Waals surface area contributed by atoms with Crippen molar-refractivity contribution in [2.45, 2.75) is 31.7 Å². The summed E-state index contributed by atoms with van der Waals surface area (Å²) in [6.07, 6.45) is 3.19. The highest BCUT2D eigenvalue weighted by Gasteiger charge is 2.28. The number of rotatable bonds is 6. The minimum atomic E-state index is -0.467. The van der Waals surface area contributed by atoms with Crippen LogP contribution in [0.4, 0.5) is 5.69 Å². The molecule has 108 valence electrons. The van der Waals surface area contributed by atoms with E-state index >= 15 is 0 Å². The Labute approximate surface area is 117 Å². The molecule has 6 heteroatoms. The molecule has 1 amide bonds. The van der Waals surface area contributed by atoms with E-state index in [1.54, 1.807) is 17.0 Å². The van der Waals surface area contributed by atoms with Crippen molar-refractivity contribution < 1.29 is 14.8 Å². The third-order valence-electron chi connectivity index (χ3n) is 3.65. The molecule has 0 radical (unpaired) electrons. The van der Waals surface area contributed by atoms with Crippen LogP contribution in [0.1, 0.15) is 24.8 Å². The molecule has 2 rings (SSSR count). The number of aliphatic hydroxyl groups is 1. The lowest BCUT2D eigenvalue weighted by molar-refractivity contribution is -0.384. The van der Waals surface area contributed by atoms with Crippen LogP contribution in [0.15, 0.2) is 24.3 Å². The van der Waals surface area contributed by atoms with Gasteiger partial charge in [0.05, 0.1) is 18.0 Å². The molecule has 1 aromatic carbocycles. The van der Waals surface area contributed by atoms with Crippen molar-refractivity contribution >= 4 is 11.6 Å². The number of hydrogen-bond donors (Lipinski definition) is 1. The molecule has 0 heterocycles. The Bertz CT molecular complexity index is 500. The molecule has 1 N–H and O–H groups in total. The van der Waals surface area contributed by atoms with E-state index in [4.69, 9.17) is 5.11 Å². The quantitative estimate of drug-likeness (QED) is 0.631. The largest absolute Gasteiger partial charge is 0.395 e. The van der Waals surface area contributed by atoms with Gasteiger partial charge in [-0.25, -0.2) is 0 Å². The van der Waals surface area contributed by atoms with Crippen LogP contribution in [0.2, 0.25) is 0 Å². The lowest BCUT2D eigenvalue weighted by atomic mass is 9.91. The SMILES string of the molecule is O=C(Cc1cccc([N+](=O)[O-])c1)N(CCO)C1CCC1. The fraction of sp³-hybridized carbons (Fsp3) is 0.500. The zero-order valence-electron chi connectivity index (χ0n) is 11.2. The topological polar surface area (TPSA) is 83.7 Å². The average molecular weight is 278 g/mol. The number of carbonyl (C=O) groups is 1. The van der Waals surface area contributed by atoms with Gasteiger partial charge in [0.25, 0.3) is 5.69 Å². The number of aliphatic hydroxyl groups excluding tert-OH is 1. The zero-order chi connectivity index (χ0) is 14.5. The second-order valence-corrected chi connectivity index (χ2v) is 5.00. The molecule has 0 unspecified atom stereocenters. The third-order valence-corrected chi connectivity index (χ3v) is 3.65. The van der Waals surface area contributed by atoms with Crippen molar-refractivity contribution in [1.82, 2.24) is 4.90 Å². The van der Waals surface area contributed by atoms with Crippen LogP contribution in [0.3, 0.4) is 0 Å². The first-order valence-corrected chi connectivity index (χ1v) is 6.75. The van der Waals surface area contributed by atoms with Crippen molar-refractivity contribution in [1.29, 1.82) is 0 Å². The van der Waals surface area contributed by atoms with Gasteiger partial charge in [-0.2, -0.15) is 0 Å². The molecule has 0 saturated heterocycles. The Hall–Kier alpha value is -1.95. The van der Waals surface area contributed by atoms with Crippen molar-refractivity contribution in [3.8, 4) is 0 Å². The highest BCUT2D eigenvalue weighted by atomic mass is 16.6. The highest BCUT2D eigenvalue weighted by Crippen LogP contribution is 2.25. The predicted molar refractivity (Wildman–Crippen MR) is 73.2 cm³/mol. The summed E-state index contributed by atoms with van der Waals surface area (Å²) >= 11 is 0. The standard InChI is InChI=1S/C14H18N2O4/c17-8-7-15(12-4-2-5-12)14(18)10-11-3-1-6-13(9-11)16(19)20/h1,3,6,9,12,17H,2,4-5,7-8,10H2. The van der Waals surface area contributed by atoms with Crippen LogP contribution in [0.25, 0.3) is 0 Å². The van der Waals surface area contributed by atoms with E-state index < -0.39 is 4.92 Å². The van der Waals surface area contributed by atoms with E-state index in [1.165, 1.54) is 12.1 Å². The van der Waals surface area contributed by atoms with E-state index in [1.807, 2.05) is 0 Å². The monoisotopic (exact) mass is 278 g/mol. The van der Waals surface area contributed by atoms with Gasteiger partial charge in [-0.15, -0.1) is 0 Å². The van der Waals surface area contributed by atoms with E-state index in [-0.39, 0.29) is 30.7 Å². The van der Waals surface area contributed by atoms with Crippen LogP contribution >= 0.6 is 0 Å². The second kappa shape index (κ2) is 6.47. The number of nitrogens with zero attached hydrogens (tertiary/aromatic N) is 2. The maximum atomic E-state index is 12.3. The number of non-ortho nitro benzene ring substituents is 1. The molecule has 1 aliphatic carbocycles. The molecule has 1 fully saturated rings. The summed E-state index contributed by atoms with van der Waals surface area (Å²) in [6.45, 7) is 0.273. The number of amides is 1. The lowest BCUT2D eigenvalue weighted by Crippen LogP contribution is -2.46. The van der Waals surface area contributed by atoms with Gasteiger partial charge in [0.1, 0.15) is 0 Å². The molecule has 1 aliphatic rings. The second-order valence-electron chi connectivity index (χ2n) is 5.00. The molecule has 0 aromatic heterocycles. The van der Waals surface area contributed by atoms with E-state index in [0.717, 1.165) is 19.3 Å². The van der Waals surface area contributed by atoms with Crippen LogP contribution < -0.4 is 0 Å². The van der Waals surface area contributed by atoms with E-state index in [2.05, 4.69) is 0 Å². The van der Waals surface area contributed by atoms with Gasteiger partial charge < -0.3 is 10.0 Å². The Morgan fingerprint density at radius 1 is 1.45 bits per heavy atom. The maximum absolute atomic E-state index is 12.3. The van der Waals surface area contributed by atoms with Gasteiger partial charge in [-0.3, -0.25) is 14.9 Å². The van der Waals surface area contributed by atoms with Crippen molar-refractivity contribution in [3.05, 3.63) is 39.9 Å². The number of hydrogen-bond acceptors (Lipinski definition) is 4. The van der Waals surface area contributed by atoms with Gasteiger partial charge >= 0.3 is 0 Å². The fourth-order valence-electron chi connectivity index (χ4n) is 2.37. The summed E-state index contributed by atoms with van der Waals surface area (Å²) in [5.74, 6) is -0.0794. The van der Waals surface area contributed by atoms with Crippen molar-refractivity contribution in [3.63, 3.8) is 0 Å². The summed E-state index contributed by atoms with van der Waals surface area (Å²) < 4.78 is 0. The lowest BCUT2D eigenvalue weighted by Gasteiger charge is -2.37. The molecule has 20 heavy (non-hydrogen) atoms. The van der Waals surface area contributed by atoms with Crippen LogP contribution in [-0.2, 0) is 11.2 Å². The van der Waals surface area contributed by atoms with Gasteiger partial charge in [0.2, 0.25) is 5.91 Å². The Morgan fingerprint density at radius 2 is 2.20 bits per heavy atom. The summed E-state index contributed by atoms with van der Waals surface area (Å²) in [7, 11) is 0. The predicted octanol–water partition coefficient (Wildman–Crippen LogP) is 1.51. The van der Waals surface area contributed by atoms with Gasteiger partial charge in [-0.05, 0) is 24.8 Å². The molecule has 0 aliphatic heterocycles. The normalized spacial score (nSPS) is 14.7. The molecule has 1 saturated carbocycles. The minimum absolute atomic E-state index is 0.00680. The summed E-state index contributed by atoms with van der Waals surface area (Å²) in [6, 6.07) is 6.35. The van der Waals surface area contributed by atoms with Gasteiger partial charge in [0, 0.05) is 24.7 Å². The van der Waals surface area contributed by atoms with Gasteiger partial charge in [0.15, 0.2) is 0 Å². The first-order valence-electron chi connectivity index (χ1n) is 6.75. The zero-order valence-corrected chi connectivity index (χ0v) is 11.2. The Kier molecular flexibility index (Phi) is 4.68. The fourth-order valence-corrected chi connectivity index (χ4v) is 2.37. The first kappa shape index (κ1) is 14.5. The average Bonchev–Trinajstić information content (AvgIpc) is 2.36. The molecular formula is C14H18N2O4. The van der Waals surface area contributed by atoms with Crippen LogP contribution in [0, 0.1) is 10.1 Å². The Morgan fingerprint density at radius 3 is 2.75 bits per heavy atom. The van der Waals surface area contributed by atoms with Gasteiger partial charge in [-0.1, -0.05) is 12.1 Å². The molecular weight excluding hydrogens is 260 g/mol. The molecule has 1 aromatic rings. The third kappa shape index (κ3) is 3.33. The summed E-state index contributed by atoms with van der Waals surface area (Å²) in [5, 5.41) is 19.8. The Balaban J connectivity index is 2.05. The van der Waals surface area contributed by atoms with E-state index in [0.29, 0.717) is 12.1 Å². The molecule has 0 bridgehead atoms. The molecule has 0 atom stereocenters. The number of carbonyl (C=O) groups excluding carboxylic acids is 1. The van der Waals surface area contributed by atoms with Crippen LogP contribution in [0.5, 0.6) is 0 Å². The first-order chi connectivity index (χ1) is 9.61. The van der Waals surface area contributed by atoms with Crippen molar-refractivity contribution in [2.24, 2.45) is 0 Å². The summed E-state index contributed by atoms with van der Waals surface area (Å²) in [4.78, 5) is 24.2. The highest BCUT2D eigenvalue weighted by molar-refractivity contribution is 5.79. The van der Waals surface area contributed by atoms with Crippen molar-refractivity contribution in [2.75, 3.05) is 13.2 Å². The number of benzene rings is 1. The number of nitro benzene ring substituents is 1. The smallest absolute Gasteiger partial charge is 0.269 e. The molecule has 0 spiro atoms. The van der Waals surface area contributed by atoms with Crippen LogP contribution in [-0.4, -0.2) is 40.0 Å². The summed E-state index contributed by atoms with van der Waals surface area (Å²) in [5.41, 5.74) is 0.624.